The van der Waals surface area contributed by atoms with Gasteiger partial charge >= 0.3 is 6.18 Å². The highest BCUT2D eigenvalue weighted by Gasteiger charge is 2.34. The molecule has 0 unspecified atom stereocenters. The molecule has 0 spiro atoms. The summed E-state index contributed by atoms with van der Waals surface area (Å²) in [5, 5.41) is 0.531. The molecule has 2 heterocycles. The zero-order valence-corrected chi connectivity index (χ0v) is 13.2. The van der Waals surface area contributed by atoms with Crippen molar-refractivity contribution in [1.29, 1.82) is 0 Å². The molecule has 2 rings (SSSR count). The van der Waals surface area contributed by atoms with Crippen LogP contribution in [0.3, 0.4) is 0 Å². The molecule has 0 aliphatic heterocycles. The maximum Gasteiger partial charge on any atom is 0.406 e. The second-order valence-corrected chi connectivity index (χ2v) is 5.71. The maximum atomic E-state index is 12.6. The fraction of sp³-hybridized carbons (Fsp3) is 0.357. The first-order chi connectivity index (χ1) is 10.8. The Balaban J connectivity index is 2.29. The zero-order valence-electron chi connectivity index (χ0n) is 12.4. The predicted molar refractivity (Wildman–Crippen MR) is 79.0 cm³/mol. The molecule has 5 nitrogen and oxygen atoms in total. The molecule has 2 aromatic heterocycles. The van der Waals surface area contributed by atoms with E-state index in [0.29, 0.717) is 21.2 Å². The molecule has 0 aromatic carbocycles. The number of carbonyl (C=O) groups excluding carboxylic acids is 1. The standard InChI is InChI=1S/C14H14F3N3O2S/c1-9-11(13(21)20(8-22-2)7-14(15,16)17)23-12(19-9)10-4-3-5-18-6-10/h3-6H,7-8H2,1-2H3. The van der Waals surface area contributed by atoms with Gasteiger partial charge in [0.2, 0.25) is 0 Å². The molecule has 0 aliphatic rings. The summed E-state index contributed by atoms with van der Waals surface area (Å²) in [5.41, 5.74) is 1.08. The van der Waals surface area contributed by atoms with Crippen molar-refractivity contribution in [1.82, 2.24) is 14.9 Å². The number of ether oxygens (including phenoxy) is 1. The Hall–Kier alpha value is -2.00. The number of halogens is 3. The van der Waals surface area contributed by atoms with E-state index in [1.807, 2.05) is 0 Å². The van der Waals surface area contributed by atoms with Crippen LogP contribution in [0.1, 0.15) is 15.4 Å². The molecule has 124 valence electrons. The third-order valence-corrected chi connectivity index (χ3v) is 4.04. The summed E-state index contributed by atoms with van der Waals surface area (Å²) < 4.78 is 42.5. The van der Waals surface area contributed by atoms with Crippen LogP contribution in [-0.2, 0) is 4.74 Å². The highest BCUT2D eigenvalue weighted by atomic mass is 32.1. The number of carbonyl (C=O) groups is 1. The lowest BCUT2D eigenvalue weighted by atomic mass is 10.3. The lowest BCUT2D eigenvalue weighted by molar-refractivity contribution is -0.148. The first-order valence-corrected chi connectivity index (χ1v) is 7.36. The minimum absolute atomic E-state index is 0.158. The van der Waals surface area contributed by atoms with Crippen molar-refractivity contribution in [3.05, 3.63) is 35.1 Å². The molecule has 23 heavy (non-hydrogen) atoms. The number of pyridine rings is 1. The van der Waals surface area contributed by atoms with E-state index in [9.17, 15) is 18.0 Å². The van der Waals surface area contributed by atoms with E-state index in [0.717, 1.165) is 11.3 Å². The van der Waals surface area contributed by atoms with E-state index < -0.39 is 25.4 Å². The average molecular weight is 345 g/mol. The van der Waals surface area contributed by atoms with Crippen LogP contribution in [0.4, 0.5) is 13.2 Å². The third kappa shape index (κ3) is 4.49. The van der Waals surface area contributed by atoms with Crippen LogP contribution in [0, 0.1) is 6.92 Å². The van der Waals surface area contributed by atoms with Gasteiger partial charge in [0.25, 0.3) is 5.91 Å². The summed E-state index contributed by atoms with van der Waals surface area (Å²) in [4.78, 5) is 21.4. The molecule has 2 aromatic rings. The van der Waals surface area contributed by atoms with Gasteiger partial charge in [0.15, 0.2) is 0 Å². The van der Waals surface area contributed by atoms with Crippen LogP contribution in [0.25, 0.3) is 10.6 Å². The molecular weight excluding hydrogens is 331 g/mol. The van der Waals surface area contributed by atoms with Crippen LogP contribution in [-0.4, -0.2) is 47.3 Å². The molecule has 9 heteroatoms. The normalized spacial score (nSPS) is 11.5. The average Bonchev–Trinajstić information content (AvgIpc) is 2.88. The van der Waals surface area contributed by atoms with E-state index in [1.165, 1.54) is 7.11 Å². The van der Waals surface area contributed by atoms with Crippen molar-refractivity contribution in [2.24, 2.45) is 0 Å². The smallest absolute Gasteiger partial charge is 0.364 e. The number of hydrogen-bond donors (Lipinski definition) is 0. The molecule has 0 fully saturated rings. The highest BCUT2D eigenvalue weighted by Crippen LogP contribution is 2.29. The minimum atomic E-state index is -4.50. The van der Waals surface area contributed by atoms with Gasteiger partial charge in [0.1, 0.15) is 23.2 Å². The Morgan fingerprint density at radius 1 is 1.43 bits per heavy atom. The second-order valence-electron chi connectivity index (χ2n) is 4.71. The Morgan fingerprint density at radius 2 is 2.17 bits per heavy atom. The monoisotopic (exact) mass is 345 g/mol. The molecule has 0 bridgehead atoms. The van der Waals surface area contributed by atoms with Gasteiger partial charge in [-0.25, -0.2) is 4.98 Å². The number of thiazole rings is 1. The van der Waals surface area contributed by atoms with Crippen LogP contribution >= 0.6 is 11.3 Å². The SMILES string of the molecule is COCN(CC(F)(F)F)C(=O)c1sc(-c2cccnc2)nc1C. The van der Waals surface area contributed by atoms with Crippen LogP contribution in [0.5, 0.6) is 0 Å². The minimum Gasteiger partial charge on any atom is -0.364 e. The second kappa shape index (κ2) is 7.05. The van der Waals surface area contributed by atoms with Crippen molar-refractivity contribution in [2.45, 2.75) is 13.1 Å². The van der Waals surface area contributed by atoms with Crippen molar-refractivity contribution in [3.63, 3.8) is 0 Å². The maximum absolute atomic E-state index is 12.6. The van der Waals surface area contributed by atoms with Gasteiger partial charge in [-0.2, -0.15) is 13.2 Å². The number of aromatic nitrogens is 2. The van der Waals surface area contributed by atoms with Crippen LogP contribution in [0.15, 0.2) is 24.5 Å². The first-order valence-electron chi connectivity index (χ1n) is 6.54. The van der Waals surface area contributed by atoms with Crippen molar-refractivity contribution in [3.8, 4) is 10.6 Å². The molecule has 0 atom stereocenters. The number of alkyl halides is 3. The summed E-state index contributed by atoms with van der Waals surface area (Å²) in [6.07, 6.45) is -1.33. The van der Waals surface area contributed by atoms with Crippen molar-refractivity contribution < 1.29 is 22.7 Å². The quantitative estimate of drug-likeness (QED) is 0.782. The Kier molecular flexibility index (Phi) is 5.32. The largest absolute Gasteiger partial charge is 0.406 e. The third-order valence-electron chi connectivity index (χ3n) is 2.84. The van der Waals surface area contributed by atoms with Gasteiger partial charge in [-0.15, -0.1) is 11.3 Å². The van der Waals surface area contributed by atoms with Gasteiger partial charge in [-0.3, -0.25) is 9.78 Å². The van der Waals surface area contributed by atoms with Gasteiger partial charge in [-0.05, 0) is 19.1 Å². The molecule has 0 saturated carbocycles. The molecular formula is C14H14F3N3O2S. The summed E-state index contributed by atoms with van der Waals surface area (Å²) >= 11 is 1.04. The van der Waals surface area contributed by atoms with E-state index >= 15 is 0 Å². The summed E-state index contributed by atoms with van der Waals surface area (Å²) in [7, 11) is 1.23. The Bertz CT molecular complexity index is 674. The number of rotatable bonds is 5. The van der Waals surface area contributed by atoms with Gasteiger partial charge in [0, 0.05) is 25.1 Å². The number of methoxy groups -OCH3 is 1. The lowest BCUT2D eigenvalue weighted by Gasteiger charge is -2.22. The van der Waals surface area contributed by atoms with Crippen molar-refractivity contribution in [2.75, 3.05) is 20.4 Å². The van der Waals surface area contributed by atoms with Crippen LogP contribution < -0.4 is 0 Å². The summed E-state index contributed by atoms with van der Waals surface area (Å²) in [6.45, 7) is -0.237. The number of amides is 1. The molecule has 0 saturated heterocycles. The van der Waals surface area contributed by atoms with Crippen molar-refractivity contribution >= 4 is 17.2 Å². The molecule has 0 aliphatic carbocycles. The number of nitrogens with zero attached hydrogens (tertiary/aromatic N) is 3. The topological polar surface area (TPSA) is 55.3 Å². The Labute approximate surface area is 134 Å². The summed E-state index contributed by atoms with van der Waals surface area (Å²) in [6, 6.07) is 3.48. The molecule has 0 radical (unpaired) electrons. The fourth-order valence-corrected chi connectivity index (χ4v) is 2.92. The Morgan fingerprint density at radius 3 is 2.74 bits per heavy atom. The lowest BCUT2D eigenvalue weighted by Crippen LogP contribution is -2.40. The van der Waals surface area contributed by atoms with E-state index in [-0.39, 0.29) is 4.88 Å². The molecule has 0 N–H and O–H groups in total. The van der Waals surface area contributed by atoms with E-state index in [4.69, 9.17) is 4.74 Å². The summed E-state index contributed by atoms with van der Waals surface area (Å²) in [5.74, 6) is -0.755. The number of hydrogen-bond acceptors (Lipinski definition) is 5. The van der Waals surface area contributed by atoms with E-state index in [2.05, 4.69) is 9.97 Å². The zero-order chi connectivity index (χ0) is 17.0. The van der Waals surface area contributed by atoms with Gasteiger partial charge < -0.3 is 9.64 Å². The fourth-order valence-electron chi connectivity index (χ4n) is 1.90. The van der Waals surface area contributed by atoms with Gasteiger partial charge in [0.05, 0.1) is 5.69 Å². The van der Waals surface area contributed by atoms with Gasteiger partial charge in [-0.1, -0.05) is 0 Å². The number of aryl methyl sites for hydroxylation is 1. The predicted octanol–water partition coefficient (Wildman–Crippen LogP) is 3.12. The molecule has 1 amide bonds. The highest BCUT2D eigenvalue weighted by molar-refractivity contribution is 7.17. The first kappa shape index (κ1) is 17.4. The van der Waals surface area contributed by atoms with Crippen LogP contribution in [0.2, 0.25) is 0 Å². The van der Waals surface area contributed by atoms with E-state index in [1.54, 1.807) is 31.5 Å².